The van der Waals surface area contributed by atoms with Crippen LogP contribution in [0.1, 0.15) is 24.0 Å². The van der Waals surface area contributed by atoms with Crippen LogP contribution in [0, 0.1) is 11.7 Å². The van der Waals surface area contributed by atoms with Gasteiger partial charge in [0.15, 0.2) is 0 Å². The van der Waals surface area contributed by atoms with Crippen molar-refractivity contribution in [3.63, 3.8) is 0 Å². The molecule has 168 valence electrons. The molecule has 1 aliphatic heterocycles. The lowest BCUT2D eigenvalue weighted by atomic mass is 9.98. The molecule has 31 heavy (non-hydrogen) atoms. The van der Waals surface area contributed by atoms with Crippen molar-refractivity contribution in [2.24, 2.45) is 5.92 Å². The second-order valence-electron chi connectivity index (χ2n) is 7.01. The second-order valence-corrected chi connectivity index (χ2v) is 9.36. The van der Waals surface area contributed by atoms with Crippen LogP contribution in [0.5, 0.6) is 0 Å². The van der Waals surface area contributed by atoms with Gasteiger partial charge in [-0.2, -0.15) is 17.5 Å². The maximum absolute atomic E-state index is 13.8. The smallest absolute Gasteiger partial charge is 0.416 e. The predicted molar refractivity (Wildman–Crippen MR) is 104 cm³/mol. The van der Waals surface area contributed by atoms with Crippen LogP contribution in [0.15, 0.2) is 47.4 Å². The highest BCUT2D eigenvalue weighted by Crippen LogP contribution is 2.32. The van der Waals surface area contributed by atoms with Crippen molar-refractivity contribution in [2.45, 2.75) is 30.5 Å². The Balaban J connectivity index is 1.62. The highest BCUT2D eigenvalue weighted by Gasteiger charge is 2.35. The highest BCUT2D eigenvalue weighted by molar-refractivity contribution is 7.89. The molecule has 1 heterocycles. The number of hydrogen-bond acceptors (Lipinski definition) is 4. The maximum Gasteiger partial charge on any atom is 0.416 e. The van der Waals surface area contributed by atoms with Crippen LogP contribution in [0.4, 0.5) is 17.6 Å². The molecule has 0 radical (unpaired) electrons. The summed E-state index contributed by atoms with van der Waals surface area (Å²) in [6.07, 6.45) is -4.41. The number of benzene rings is 2. The van der Waals surface area contributed by atoms with Gasteiger partial charge in [0.05, 0.1) is 21.4 Å². The number of halogens is 5. The summed E-state index contributed by atoms with van der Waals surface area (Å²) in [7, 11) is -4.15. The number of ether oxygens (including phenoxy) is 1. The molecule has 5 nitrogen and oxygen atoms in total. The summed E-state index contributed by atoms with van der Waals surface area (Å²) < 4.78 is 84.0. The fraction of sp³-hybridized carbons (Fsp3) is 0.350. The van der Waals surface area contributed by atoms with Gasteiger partial charge in [0.1, 0.15) is 12.4 Å². The largest absolute Gasteiger partial charge is 0.460 e. The summed E-state index contributed by atoms with van der Waals surface area (Å²) in [5.74, 6) is -1.84. The summed E-state index contributed by atoms with van der Waals surface area (Å²) in [6, 6.07) is 7.59. The minimum absolute atomic E-state index is 0.0436. The summed E-state index contributed by atoms with van der Waals surface area (Å²) in [6.45, 7) is -0.468. The summed E-state index contributed by atoms with van der Waals surface area (Å²) in [5.41, 5.74) is -1.01. The zero-order chi connectivity index (χ0) is 22.8. The number of alkyl halides is 3. The van der Waals surface area contributed by atoms with Gasteiger partial charge < -0.3 is 4.74 Å². The van der Waals surface area contributed by atoms with E-state index in [-0.39, 0.29) is 43.1 Å². The van der Waals surface area contributed by atoms with Crippen LogP contribution in [-0.2, 0) is 32.3 Å². The van der Waals surface area contributed by atoms with Crippen LogP contribution >= 0.6 is 11.6 Å². The van der Waals surface area contributed by atoms with E-state index in [9.17, 15) is 30.8 Å². The van der Waals surface area contributed by atoms with Gasteiger partial charge in [-0.05, 0) is 43.2 Å². The maximum atomic E-state index is 13.8. The molecular weight excluding hydrogens is 462 g/mol. The zero-order valence-electron chi connectivity index (χ0n) is 16.0. The van der Waals surface area contributed by atoms with Crippen LogP contribution in [-0.4, -0.2) is 31.8 Å². The third-order valence-electron chi connectivity index (χ3n) is 5.01. The van der Waals surface area contributed by atoms with E-state index in [1.54, 1.807) is 0 Å². The second kappa shape index (κ2) is 9.13. The van der Waals surface area contributed by atoms with Crippen molar-refractivity contribution in [1.82, 2.24) is 4.31 Å². The molecule has 0 N–H and O–H groups in total. The Labute approximate surface area is 181 Å². The van der Waals surface area contributed by atoms with Gasteiger partial charge in [0, 0.05) is 18.7 Å². The molecule has 11 heteroatoms. The fourth-order valence-corrected chi connectivity index (χ4v) is 4.98. The van der Waals surface area contributed by atoms with Crippen LogP contribution < -0.4 is 0 Å². The molecule has 1 aliphatic rings. The molecule has 0 aromatic heterocycles. The molecule has 0 unspecified atom stereocenters. The molecule has 0 aliphatic carbocycles. The molecule has 2 aromatic rings. The molecule has 0 amide bonds. The molecule has 1 fully saturated rings. The first-order chi connectivity index (χ1) is 14.5. The third-order valence-corrected chi connectivity index (χ3v) is 7.26. The lowest BCUT2D eigenvalue weighted by Crippen LogP contribution is -2.40. The number of piperidine rings is 1. The normalized spacial score (nSPS) is 16.3. The van der Waals surface area contributed by atoms with E-state index in [1.165, 1.54) is 18.2 Å². The lowest BCUT2D eigenvalue weighted by Gasteiger charge is -2.30. The minimum atomic E-state index is -4.66. The monoisotopic (exact) mass is 479 g/mol. The topological polar surface area (TPSA) is 63.7 Å². The van der Waals surface area contributed by atoms with E-state index in [4.69, 9.17) is 16.3 Å². The number of carbonyl (C=O) groups excluding carboxylic acids is 1. The number of sulfonamides is 1. The number of hydrogen-bond donors (Lipinski definition) is 0. The van der Waals surface area contributed by atoms with Gasteiger partial charge >= 0.3 is 12.1 Å². The quantitative estimate of drug-likeness (QED) is 0.463. The predicted octanol–water partition coefficient (Wildman–Crippen LogP) is 4.64. The van der Waals surface area contributed by atoms with E-state index < -0.39 is 44.4 Å². The molecule has 1 saturated heterocycles. The number of carbonyl (C=O) groups is 1. The van der Waals surface area contributed by atoms with Crippen molar-refractivity contribution in [3.8, 4) is 0 Å². The first kappa shape index (κ1) is 23.5. The Hall–Kier alpha value is -2.17. The Morgan fingerprint density at radius 3 is 2.39 bits per heavy atom. The van der Waals surface area contributed by atoms with E-state index in [0.29, 0.717) is 6.07 Å². The van der Waals surface area contributed by atoms with E-state index in [0.717, 1.165) is 22.5 Å². The molecule has 0 spiro atoms. The fourth-order valence-electron chi connectivity index (χ4n) is 3.25. The Kier molecular flexibility index (Phi) is 6.92. The van der Waals surface area contributed by atoms with Crippen molar-refractivity contribution < 1.29 is 35.5 Å². The van der Waals surface area contributed by atoms with Gasteiger partial charge in [-0.3, -0.25) is 4.79 Å². The van der Waals surface area contributed by atoms with Crippen molar-refractivity contribution in [3.05, 3.63) is 64.4 Å². The van der Waals surface area contributed by atoms with E-state index in [1.807, 2.05) is 0 Å². The van der Waals surface area contributed by atoms with E-state index in [2.05, 4.69) is 0 Å². The first-order valence-electron chi connectivity index (χ1n) is 9.27. The van der Waals surface area contributed by atoms with Crippen molar-refractivity contribution >= 4 is 27.6 Å². The molecule has 0 atom stereocenters. The van der Waals surface area contributed by atoms with Crippen LogP contribution in [0.2, 0.25) is 5.02 Å². The zero-order valence-corrected chi connectivity index (χ0v) is 17.6. The van der Waals surface area contributed by atoms with Gasteiger partial charge in [0.25, 0.3) is 0 Å². The lowest BCUT2D eigenvalue weighted by molar-refractivity contribution is -0.151. The minimum Gasteiger partial charge on any atom is -0.460 e. The summed E-state index contributed by atoms with van der Waals surface area (Å²) >= 11 is 5.89. The first-order valence-corrected chi connectivity index (χ1v) is 11.1. The molecule has 2 aromatic carbocycles. The van der Waals surface area contributed by atoms with Crippen LogP contribution in [0.25, 0.3) is 0 Å². The molecule has 0 bridgehead atoms. The number of nitrogens with zero attached hydrogens (tertiary/aromatic N) is 1. The molecule has 0 saturated carbocycles. The summed E-state index contributed by atoms with van der Waals surface area (Å²) in [4.78, 5) is 11.8. The van der Waals surface area contributed by atoms with Crippen molar-refractivity contribution in [2.75, 3.05) is 13.1 Å². The number of esters is 1. The Morgan fingerprint density at radius 2 is 1.77 bits per heavy atom. The van der Waals surface area contributed by atoms with Gasteiger partial charge in [0.2, 0.25) is 10.0 Å². The standard InChI is InChI=1S/C20H18ClF4NO4S/c21-17-5-2-6-18(22)16(17)12-30-19(27)13-7-9-26(10-8-13)31(28,29)15-4-1-3-14(11-15)20(23,24)25/h1-6,11,13H,7-10,12H2. The molecule has 3 rings (SSSR count). The average molecular weight is 480 g/mol. The van der Waals surface area contributed by atoms with Crippen molar-refractivity contribution in [1.29, 1.82) is 0 Å². The van der Waals surface area contributed by atoms with Gasteiger partial charge in [-0.25, -0.2) is 12.8 Å². The Bertz CT molecular complexity index is 1050. The third kappa shape index (κ3) is 5.36. The molecular formula is C20H18ClF4NO4S. The SMILES string of the molecule is O=C(OCc1c(F)cccc1Cl)C1CCN(S(=O)(=O)c2cccc(C(F)(F)F)c2)CC1. The number of rotatable bonds is 5. The van der Waals surface area contributed by atoms with Gasteiger partial charge in [-0.15, -0.1) is 0 Å². The summed E-state index contributed by atoms with van der Waals surface area (Å²) in [5, 5.41) is 0.120. The average Bonchev–Trinajstić information content (AvgIpc) is 2.73. The van der Waals surface area contributed by atoms with E-state index >= 15 is 0 Å². The van der Waals surface area contributed by atoms with Gasteiger partial charge in [-0.1, -0.05) is 23.7 Å². The highest BCUT2D eigenvalue weighted by atomic mass is 35.5. The Morgan fingerprint density at radius 1 is 1.13 bits per heavy atom. The van der Waals surface area contributed by atoms with Crippen LogP contribution in [0.3, 0.4) is 0 Å².